The molecule has 164 valence electrons. The van der Waals surface area contributed by atoms with Gasteiger partial charge in [0.15, 0.2) is 18.2 Å². The lowest BCUT2D eigenvalue weighted by Gasteiger charge is -2.18. The second-order valence-electron chi connectivity index (χ2n) is 8.16. The van der Waals surface area contributed by atoms with Gasteiger partial charge in [0.05, 0.1) is 24.4 Å². The molecular formula is C22H22N6O4. The summed E-state index contributed by atoms with van der Waals surface area (Å²) >= 11 is 0. The fourth-order valence-corrected chi connectivity index (χ4v) is 4.40. The van der Waals surface area contributed by atoms with E-state index in [1.807, 2.05) is 12.1 Å². The van der Waals surface area contributed by atoms with Gasteiger partial charge in [0.1, 0.15) is 6.10 Å². The summed E-state index contributed by atoms with van der Waals surface area (Å²) < 4.78 is 10.7. The number of carbonyl (C=O) groups excluding carboxylic acids is 2. The SMILES string of the molecule is N#Cc1cccc2c1CC(CNCCC1CN(c3cnc4c(n3)NC(=O)CO4)C(=O)O1)C2. The highest BCUT2D eigenvalue weighted by Gasteiger charge is 2.34. The second-order valence-corrected chi connectivity index (χ2v) is 8.16. The molecule has 0 radical (unpaired) electrons. The van der Waals surface area contributed by atoms with Crippen LogP contribution >= 0.6 is 0 Å². The normalized spacial score (nSPS) is 21.3. The van der Waals surface area contributed by atoms with Crippen molar-refractivity contribution < 1.29 is 19.1 Å². The van der Waals surface area contributed by atoms with Gasteiger partial charge in [-0.15, -0.1) is 0 Å². The first-order chi connectivity index (χ1) is 15.6. The Labute approximate surface area is 184 Å². The third kappa shape index (κ3) is 3.94. The maximum atomic E-state index is 12.3. The summed E-state index contributed by atoms with van der Waals surface area (Å²) in [5, 5.41) is 15.3. The van der Waals surface area contributed by atoms with Gasteiger partial charge in [0.25, 0.3) is 11.8 Å². The van der Waals surface area contributed by atoms with E-state index in [0.29, 0.717) is 31.2 Å². The van der Waals surface area contributed by atoms with Crippen molar-refractivity contribution in [2.45, 2.75) is 25.4 Å². The Hall–Kier alpha value is -3.71. The number of hydrogen-bond acceptors (Lipinski definition) is 8. The molecule has 1 fully saturated rings. The lowest BCUT2D eigenvalue weighted by atomic mass is 10.0. The van der Waals surface area contributed by atoms with Gasteiger partial charge < -0.3 is 20.1 Å². The van der Waals surface area contributed by atoms with Crippen LogP contribution in [0.4, 0.5) is 16.4 Å². The van der Waals surface area contributed by atoms with Crippen molar-refractivity contribution in [1.82, 2.24) is 15.3 Å². The molecule has 32 heavy (non-hydrogen) atoms. The number of nitrogens with one attached hydrogen (secondary N) is 2. The minimum Gasteiger partial charge on any atom is -0.465 e. The second kappa shape index (κ2) is 8.43. The third-order valence-electron chi connectivity index (χ3n) is 5.95. The number of anilines is 2. The Kier molecular flexibility index (Phi) is 5.33. The summed E-state index contributed by atoms with van der Waals surface area (Å²) in [7, 11) is 0. The van der Waals surface area contributed by atoms with Crippen molar-refractivity contribution >= 4 is 23.6 Å². The van der Waals surface area contributed by atoms with Crippen molar-refractivity contribution in [1.29, 1.82) is 5.26 Å². The van der Waals surface area contributed by atoms with Gasteiger partial charge in [-0.05, 0) is 55.5 Å². The van der Waals surface area contributed by atoms with Gasteiger partial charge in [0, 0.05) is 0 Å². The Morgan fingerprint density at radius 2 is 2.22 bits per heavy atom. The number of hydrogen-bond donors (Lipinski definition) is 2. The van der Waals surface area contributed by atoms with Gasteiger partial charge in [-0.1, -0.05) is 12.1 Å². The Balaban J connectivity index is 1.10. The molecule has 0 bridgehead atoms. The molecule has 1 saturated heterocycles. The summed E-state index contributed by atoms with van der Waals surface area (Å²) in [6.45, 7) is 1.82. The maximum Gasteiger partial charge on any atom is 0.415 e. The van der Waals surface area contributed by atoms with Crippen molar-refractivity contribution in [3.63, 3.8) is 0 Å². The molecule has 0 spiro atoms. The highest BCUT2D eigenvalue weighted by Crippen LogP contribution is 2.29. The molecule has 10 heteroatoms. The number of nitrogens with zero attached hydrogens (tertiary/aromatic N) is 4. The predicted octanol–water partition coefficient (Wildman–Crippen LogP) is 1.40. The fraction of sp³-hybridized carbons (Fsp3) is 0.409. The van der Waals surface area contributed by atoms with Crippen LogP contribution < -0.4 is 20.3 Å². The number of cyclic esters (lactones) is 1. The van der Waals surface area contributed by atoms with Crippen molar-refractivity contribution in [3.8, 4) is 11.9 Å². The molecule has 3 aliphatic rings. The van der Waals surface area contributed by atoms with Gasteiger partial charge in [0.2, 0.25) is 0 Å². The van der Waals surface area contributed by atoms with Crippen LogP contribution in [0.5, 0.6) is 5.88 Å². The van der Waals surface area contributed by atoms with E-state index in [1.165, 1.54) is 22.2 Å². The first-order valence-electron chi connectivity index (χ1n) is 10.6. The Bertz CT molecular complexity index is 1110. The van der Waals surface area contributed by atoms with Gasteiger partial charge in [-0.25, -0.2) is 14.8 Å². The lowest BCUT2D eigenvalue weighted by molar-refractivity contribution is -0.118. The molecule has 1 aromatic carbocycles. The highest BCUT2D eigenvalue weighted by molar-refractivity contribution is 5.94. The van der Waals surface area contributed by atoms with Crippen LogP contribution in [0.15, 0.2) is 24.4 Å². The first kappa shape index (κ1) is 20.2. The van der Waals surface area contributed by atoms with E-state index in [-0.39, 0.29) is 30.3 Å². The maximum absolute atomic E-state index is 12.3. The smallest absolute Gasteiger partial charge is 0.415 e. The minimum absolute atomic E-state index is 0.103. The number of nitriles is 1. The van der Waals surface area contributed by atoms with Crippen LogP contribution in [-0.4, -0.2) is 54.3 Å². The van der Waals surface area contributed by atoms with Crippen LogP contribution in [-0.2, 0) is 22.4 Å². The van der Waals surface area contributed by atoms with Gasteiger partial charge in [-0.2, -0.15) is 5.26 Å². The van der Waals surface area contributed by atoms with Gasteiger partial charge >= 0.3 is 6.09 Å². The molecule has 0 saturated carbocycles. The zero-order chi connectivity index (χ0) is 22.1. The molecule has 2 N–H and O–H groups in total. The van der Waals surface area contributed by atoms with Crippen LogP contribution in [0.25, 0.3) is 0 Å². The zero-order valence-electron chi connectivity index (χ0n) is 17.3. The summed E-state index contributed by atoms with van der Waals surface area (Å²) in [4.78, 5) is 33.6. The largest absolute Gasteiger partial charge is 0.465 e. The monoisotopic (exact) mass is 434 g/mol. The molecule has 2 unspecified atom stereocenters. The molecule has 3 heterocycles. The van der Waals surface area contributed by atoms with Crippen LogP contribution in [0.3, 0.4) is 0 Å². The minimum atomic E-state index is -0.484. The summed E-state index contributed by atoms with van der Waals surface area (Å²) in [5.74, 6) is 0.898. The lowest BCUT2D eigenvalue weighted by Crippen LogP contribution is -2.30. The molecular weight excluding hydrogens is 412 g/mol. The molecule has 2 aliphatic heterocycles. The molecule has 2 atom stereocenters. The zero-order valence-corrected chi connectivity index (χ0v) is 17.3. The molecule has 1 aromatic heterocycles. The van der Waals surface area contributed by atoms with E-state index >= 15 is 0 Å². The van der Waals surface area contributed by atoms with E-state index in [0.717, 1.165) is 24.9 Å². The first-order valence-corrected chi connectivity index (χ1v) is 10.6. The van der Waals surface area contributed by atoms with E-state index in [2.05, 4.69) is 32.7 Å². The van der Waals surface area contributed by atoms with Crippen molar-refractivity contribution in [2.24, 2.45) is 5.92 Å². The van der Waals surface area contributed by atoms with E-state index < -0.39 is 6.09 Å². The molecule has 5 rings (SSSR count). The Morgan fingerprint density at radius 3 is 3.09 bits per heavy atom. The number of carbonyl (C=O) groups is 2. The number of aromatic nitrogens is 2. The quantitative estimate of drug-likeness (QED) is 0.653. The standard InChI is InChI=1S/C22H22N6O4/c23-8-15-3-1-2-14-6-13(7-17(14)15)9-24-5-4-16-11-28(22(30)32-16)18-10-25-21-20(26-18)27-19(29)12-31-21/h1-3,10,13,16,24H,4-7,9,11-12H2,(H,26,27,29). The molecule has 2 amide bonds. The topological polar surface area (TPSA) is 129 Å². The molecule has 2 aromatic rings. The average molecular weight is 434 g/mol. The van der Waals surface area contributed by atoms with E-state index in [4.69, 9.17) is 9.47 Å². The summed E-state index contributed by atoms with van der Waals surface area (Å²) in [5.41, 5.74) is 3.22. The van der Waals surface area contributed by atoms with E-state index in [9.17, 15) is 14.9 Å². The van der Waals surface area contributed by atoms with Gasteiger partial charge in [-0.3, -0.25) is 9.69 Å². The molecule has 10 nitrogen and oxygen atoms in total. The highest BCUT2D eigenvalue weighted by atomic mass is 16.6. The number of fused-ring (bicyclic) bond motifs is 2. The fourth-order valence-electron chi connectivity index (χ4n) is 4.40. The predicted molar refractivity (Wildman–Crippen MR) is 113 cm³/mol. The summed E-state index contributed by atoms with van der Waals surface area (Å²) in [6.07, 6.45) is 3.25. The van der Waals surface area contributed by atoms with Crippen molar-refractivity contribution in [3.05, 3.63) is 41.1 Å². The number of amides is 2. The third-order valence-corrected chi connectivity index (χ3v) is 5.95. The Morgan fingerprint density at radius 1 is 1.31 bits per heavy atom. The van der Waals surface area contributed by atoms with Crippen LogP contribution in [0.1, 0.15) is 23.1 Å². The number of ether oxygens (including phenoxy) is 2. The van der Waals surface area contributed by atoms with Crippen molar-refractivity contribution in [2.75, 3.05) is 36.5 Å². The number of rotatable bonds is 6. The molecule has 1 aliphatic carbocycles. The average Bonchev–Trinajstić information content (AvgIpc) is 3.38. The van der Waals surface area contributed by atoms with E-state index in [1.54, 1.807) is 0 Å². The number of benzene rings is 1. The van der Waals surface area contributed by atoms with Crippen LogP contribution in [0, 0.1) is 17.2 Å². The summed E-state index contributed by atoms with van der Waals surface area (Å²) in [6, 6.07) is 8.21. The van der Waals surface area contributed by atoms with Crippen LogP contribution in [0.2, 0.25) is 0 Å².